The Morgan fingerprint density at radius 2 is 1.35 bits per heavy atom. The van der Waals surface area contributed by atoms with Gasteiger partial charge in [-0.25, -0.2) is 4.79 Å². The molecule has 180 valence electrons. The van der Waals surface area contributed by atoms with E-state index in [1.165, 1.54) is 0 Å². The quantitative estimate of drug-likeness (QED) is 0.128. The molecule has 0 aliphatic carbocycles. The average molecular weight is 467 g/mol. The van der Waals surface area contributed by atoms with Gasteiger partial charge in [-0.05, 0) is 12.8 Å². The van der Waals surface area contributed by atoms with Crippen molar-refractivity contribution >= 4 is 25.6 Å². The third-order valence-corrected chi connectivity index (χ3v) is 5.95. The van der Waals surface area contributed by atoms with Gasteiger partial charge in [-0.1, -0.05) is 31.8 Å². The van der Waals surface area contributed by atoms with Crippen LogP contribution in [0.3, 0.4) is 0 Å². The molecule has 0 aromatic rings. The molecule has 1 rings (SSSR count). The first-order valence-corrected chi connectivity index (χ1v) is 12.4. The lowest BCUT2D eigenvalue weighted by Gasteiger charge is -2.18. The summed E-state index contributed by atoms with van der Waals surface area (Å²) in [4.78, 5) is 38.6. The second-order valence-corrected chi connectivity index (χ2v) is 8.89. The van der Waals surface area contributed by atoms with E-state index in [0.29, 0.717) is 18.3 Å². The van der Waals surface area contributed by atoms with Gasteiger partial charge in [-0.15, -0.1) is 0 Å². The van der Waals surface area contributed by atoms with Gasteiger partial charge in [0, 0.05) is 12.8 Å². The lowest BCUT2D eigenvalue weighted by Crippen LogP contribution is -2.32. The Morgan fingerprint density at radius 3 is 1.90 bits per heavy atom. The van der Waals surface area contributed by atoms with E-state index in [2.05, 4.69) is 4.84 Å². The van der Waals surface area contributed by atoms with Crippen LogP contribution in [0.4, 0.5) is 4.79 Å². The highest BCUT2D eigenvalue weighted by molar-refractivity contribution is 7.53. The molecule has 0 N–H and O–H groups in total. The Morgan fingerprint density at radius 1 is 0.839 bits per heavy atom. The molecular formula is C19H34NO10P. The van der Waals surface area contributed by atoms with Crippen molar-refractivity contribution < 1.29 is 47.0 Å². The molecular weight excluding hydrogens is 433 g/mol. The number of hydrogen-bond acceptors (Lipinski definition) is 10. The minimum absolute atomic E-state index is 0.0143. The van der Waals surface area contributed by atoms with Gasteiger partial charge in [0.15, 0.2) is 0 Å². The van der Waals surface area contributed by atoms with Crippen LogP contribution in [0.15, 0.2) is 0 Å². The van der Waals surface area contributed by atoms with Crippen LogP contribution in [-0.2, 0) is 42.2 Å². The monoisotopic (exact) mass is 467 g/mol. The topological polar surface area (TPSA) is 127 Å². The number of amides is 2. The summed E-state index contributed by atoms with van der Waals surface area (Å²) in [6.45, 7) is 5.51. The van der Waals surface area contributed by atoms with Crippen molar-refractivity contribution in [2.24, 2.45) is 0 Å². The van der Waals surface area contributed by atoms with Crippen LogP contribution in [-0.4, -0.2) is 75.4 Å². The molecule has 0 aromatic carbocycles. The molecule has 1 fully saturated rings. The zero-order valence-corrected chi connectivity index (χ0v) is 19.3. The molecule has 0 unspecified atom stereocenters. The number of unbranched alkanes of at least 4 members (excludes halogenated alkanes) is 2. The molecule has 1 heterocycles. The maximum atomic E-state index is 12.7. The van der Waals surface area contributed by atoms with Crippen molar-refractivity contribution in [2.45, 2.75) is 52.4 Å². The highest BCUT2D eigenvalue weighted by atomic mass is 31.2. The zero-order valence-electron chi connectivity index (χ0n) is 18.4. The molecule has 0 atom stereocenters. The van der Waals surface area contributed by atoms with Gasteiger partial charge in [-0.2, -0.15) is 0 Å². The standard InChI is InChI=1S/C19H34NO10P/c1-3-5-9-28-31(24,29-10-6-4-2)16-15-26-12-11-25-13-14-27-19(23)30-20-17(21)7-8-18(20)22/h3-16H2,1-2H3. The minimum Gasteiger partial charge on any atom is -0.430 e. The summed E-state index contributed by atoms with van der Waals surface area (Å²) in [5, 5.41) is 0.410. The Hall–Kier alpha value is -1.52. The normalized spacial score (nSPS) is 14.3. The minimum atomic E-state index is -3.17. The Kier molecular flexibility index (Phi) is 14.3. The molecule has 0 radical (unpaired) electrons. The Labute approximate surface area is 183 Å². The predicted octanol–water partition coefficient (Wildman–Crippen LogP) is 3.06. The third-order valence-electron chi connectivity index (χ3n) is 4.07. The van der Waals surface area contributed by atoms with E-state index in [1.807, 2.05) is 13.8 Å². The summed E-state index contributed by atoms with van der Waals surface area (Å²) in [5.74, 6) is -1.15. The highest BCUT2D eigenvalue weighted by Crippen LogP contribution is 2.48. The Bertz CT molecular complexity index is 570. The molecule has 0 saturated carbocycles. The second-order valence-electron chi connectivity index (χ2n) is 6.70. The summed E-state index contributed by atoms with van der Waals surface area (Å²) >= 11 is 0. The van der Waals surface area contributed by atoms with Gasteiger partial charge in [0.25, 0.3) is 11.8 Å². The molecule has 12 heteroatoms. The lowest BCUT2D eigenvalue weighted by atomic mass is 10.4. The van der Waals surface area contributed by atoms with Crippen molar-refractivity contribution in [1.82, 2.24) is 5.06 Å². The smallest absolute Gasteiger partial charge is 0.430 e. The van der Waals surface area contributed by atoms with Crippen molar-refractivity contribution in [3.63, 3.8) is 0 Å². The molecule has 0 spiro atoms. The van der Waals surface area contributed by atoms with Gasteiger partial charge in [-0.3, -0.25) is 19.0 Å². The first kappa shape index (κ1) is 27.5. The van der Waals surface area contributed by atoms with Crippen molar-refractivity contribution in [2.75, 3.05) is 52.4 Å². The van der Waals surface area contributed by atoms with E-state index in [0.717, 1.165) is 25.7 Å². The van der Waals surface area contributed by atoms with Crippen LogP contribution in [0.1, 0.15) is 52.4 Å². The predicted molar refractivity (Wildman–Crippen MR) is 109 cm³/mol. The molecule has 1 aliphatic heterocycles. The molecule has 0 bridgehead atoms. The van der Waals surface area contributed by atoms with E-state index in [4.69, 9.17) is 23.3 Å². The van der Waals surface area contributed by atoms with Gasteiger partial charge in [0.1, 0.15) is 6.61 Å². The van der Waals surface area contributed by atoms with Crippen molar-refractivity contribution in [3.8, 4) is 0 Å². The van der Waals surface area contributed by atoms with Crippen molar-refractivity contribution in [1.29, 1.82) is 0 Å². The second kappa shape index (κ2) is 16.2. The third kappa shape index (κ3) is 12.2. The molecule has 2 amide bonds. The molecule has 11 nitrogen and oxygen atoms in total. The molecule has 1 aliphatic rings. The number of nitrogens with zero attached hydrogens (tertiary/aromatic N) is 1. The maximum absolute atomic E-state index is 12.7. The largest absolute Gasteiger partial charge is 0.534 e. The summed E-state index contributed by atoms with van der Waals surface area (Å²) in [7, 11) is -3.17. The first-order chi connectivity index (χ1) is 14.9. The van der Waals surface area contributed by atoms with E-state index < -0.39 is 25.6 Å². The number of hydroxylamine groups is 2. The Balaban J connectivity index is 2.08. The molecule has 0 aromatic heterocycles. The number of ether oxygens (including phenoxy) is 3. The van der Waals surface area contributed by atoms with Crippen LogP contribution in [0.25, 0.3) is 0 Å². The number of imide groups is 1. The summed E-state index contributed by atoms with van der Waals surface area (Å²) < 4.78 is 39.0. The van der Waals surface area contributed by atoms with Crippen LogP contribution in [0.2, 0.25) is 0 Å². The van der Waals surface area contributed by atoms with E-state index in [-0.39, 0.29) is 52.0 Å². The summed E-state index contributed by atoms with van der Waals surface area (Å²) in [5.41, 5.74) is 0. The fourth-order valence-corrected chi connectivity index (χ4v) is 3.80. The maximum Gasteiger partial charge on any atom is 0.534 e. The van der Waals surface area contributed by atoms with E-state index in [1.54, 1.807) is 0 Å². The van der Waals surface area contributed by atoms with Gasteiger partial charge in [0.2, 0.25) is 0 Å². The van der Waals surface area contributed by atoms with Crippen molar-refractivity contribution in [3.05, 3.63) is 0 Å². The van der Waals surface area contributed by atoms with Crippen LogP contribution in [0.5, 0.6) is 0 Å². The number of carbonyl (C=O) groups is 3. The average Bonchev–Trinajstić information content (AvgIpc) is 3.05. The van der Waals surface area contributed by atoms with Gasteiger partial charge >= 0.3 is 13.8 Å². The first-order valence-electron chi connectivity index (χ1n) is 10.7. The van der Waals surface area contributed by atoms with E-state index in [9.17, 15) is 18.9 Å². The highest BCUT2D eigenvalue weighted by Gasteiger charge is 2.33. The number of carbonyl (C=O) groups excluding carboxylic acids is 3. The van der Waals surface area contributed by atoms with Crippen LogP contribution >= 0.6 is 7.60 Å². The molecule has 31 heavy (non-hydrogen) atoms. The van der Waals surface area contributed by atoms with Crippen LogP contribution in [0, 0.1) is 0 Å². The van der Waals surface area contributed by atoms with Gasteiger partial charge in [0.05, 0.1) is 45.8 Å². The summed E-state index contributed by atoms with van der Waals surface area (Å²) in [6.07, 6.45) is 2.57. The zero-order chi connectivity index (χ0) is 23.0. The lowest BCUT2D eigenvalue weighted by molar-refractivity contribution is -0.177. The van der Waals surface area contributed by atoms with Gasteiger partial charge < -0.3 is 23.3 Å². The van der Waals surface area contributed by atoms with Crippen LogP contribution < -0.4 is 0 Å². The molecule has 1 saturated heterocycles. The summed E-state index contributed by atoms with van der Waals surface area (Å²) in [6, 6.07) is 0. The number of hydrogen-bond donors (Lipinski definition) is 0. The fourth-order valence-electron chi connectivity index (χ4n) is 2.30. The van der Waals surface area contributed by atoms with E-state index >= 15 is 0 Å². The number of rotatable bonds is 18. The SMILES string of the molecule is CCCCOP(=O)(CCOCCOCCOC(=O)ON1C(=O)CCC1=O)OCCCC. The fraction of sp³-hybridized carbons (Fsp3) is 0.842.